The maximum absolute atomic E-state index is 11.5. The summed E-state index contributed by atoms with van der Waals surface area (Å²) < 4.78 is 22.4. The largest absolute Gasteiger partial charge is 0.349 e. The average Bonchev–Trinajstić information content (AvgIpc) is 2.85. The first kappa shape index (κ1) is 12.3. The molecule has 0 spiro atoms. The van der Waals surface area contributed by atoms with Gasteiger partial charge in [-0.05, 0) is 23.9 Å². The number of carbonyl (C=O) groups is 1. The summed E-state index contributed by atoms with van der Waals surface area (Å²) in [6, 6.07) is 3.58. The molecule has 0 aliphatic carbocycles. The molecule has 1 aromatic rings. The minimum absolute atomic E-state index is 0.0611. The highest BCUT2D eigenvalue weighted by atomic mass is 32.2. The minimum Gasteiger partial charge on any atom is -0.349 e. The smallest absolute Gasteiger partial charge is 0.244 e. The monoisotopic (exact) mass is 271 g/mol. The Kier molecular flexibility index (Phi) is 3.63. The van der Waals surface area contributed by atoms with E-state index in [1.54, 1.807) is 17.4 Å². The molecule has 0 radical (unpaired) electrons. The highest BCUT2D eigenvalue weighted by Crippen LogP contribution is 2.12. The van der Waals surface area contributed by atoms with Gasteiger partial charge in [0.25, 0.3) is 0 Å². The minimum atomic E-state index is -2.94. The van der Waals surface area contributed by atoms with Crippen molar-refractivity contribution in [3.05, 3.63) is 28.5 Å². The second-order valence-corrected chi connectivity index (χ2v) is 7.17. The molecule has 1 aliphatic heterocycles. The Morgan fingerprint density at radius 3 is 2.94 bits per heavy atom. The summed E-state index contributed by atoms with van der Waals surface area (Å²) in [5.74, 6) is -0.00135. The van der Waals surface area contributed by atoms with Gasteiger partial charge >= 0.3 is 0 Å². The van der Waals surface area contributed by atoms with Crippen LogP contribution < -0.4 is 5.32 Å². The van der Waals surface area contributed by atoms with E-state index in [0.717, 1.165) is 4.88 Å². The zero-order valence-corrected chi connectivity index (χ0v) is 10.8. The molecule has 4 nitrogen and oxygen atoms in total. The number of sulfone groups is 1. The first-order valence-electron chi connectivity index (χ1n) is 5.28. The highest BCUT2D eigenvalue weighted by molar-refractivity contribution is 7.91. The molecule has 1 fully saturated rings. The predicted octanol–water partition coefficient (Wildman–Crippen LogP) is 1.06. The quantitative estimate of drug-likeness (QED) is 0.836. The van der Waals surface area contributed by atoms with Gasteiger partial charge in [-0.15, -0.1) is 11.3 Å². The lowest BCUT2D eigenvalue weighted by molar-refractivity contribution is -0.116. The van der Waals surface area contributed by atoms with E-state index in [0.29, 0.717) is 6.42 Å². The Bertz CT molecular complexity index is 517. The lowest BCUT2D eigenvalue weighted by atomic mass is 10.2. The van der Waals surface area contributed by atoms with Crippen molar-refractivity contribution in [2.45, 2.75) is 12.5 Å². The molecule has 17 heavy (non-hydrogen) atoms. The second kappa shape index (κ2) is 5.01. The van der Waals surface area contributed by atoms with Crippen LogP contribution in [0.3, 0.4) is 0 Å². The molecule has 6 heteroatoms. The van der Waals surface area contributed by atoms with Gasteiger partial charge in [0.05, 0.1) is 11.5 Å². The number of carbonyl (C=O) groups excluding carboxylic acids is 1. The first-order valence-corrected chi connectivity index (χ1v) is 7.98. The van der Waals surface area contributed by atoms with Crippen molar-refractivity contribution in [3.8, 4) is 0 Å². The Labute approximate surface area is 104 Å². The summed E-state index contributed by atoms with van der Waals surface area (Å²) in [6.07, 6.45) is 3.68. The number of nitrogens with one attached hydrogen (secondary N) is 1. The zero-order valence-electron chi connectivity index (χ0n) is 9.13. The lowest BCUT2D eigenvalue weighted by Gasteiger charge is -2.07. The number of rotatable bonds is 3. The molecule has 1 saturated heterocycles. The van der Waals surface area contributed by atoms with Crippen LogP contribution in [-0.2, 0) is 14.6 Å². The van der Waals surface area contributed by atoms with Crippen molar-refractivity contribution < 1.29 is 13.2 Å². The highest BCUT2D eigenvalue weighted by Gasteiger charge is 2.28. The predicted molar refractivity (Wildman–Crippen MR) is 68.6 cm³/mol. The average molecular weight is 271 g/mol. The van der Waals surface area contributed by atoms with Gasteiger partial charge in [-0.1, -0.05) is 6.07 Å². The third-order valence-corrected chi connectivity index (χ3v) is 5.13. The van der Waals surface area contributed by atoms with E-state index in [2.05, 4.69) is 5.32 Å². The SMILES string of the molecule is O=C(/C=C/c1cccs1)N[C@H]1CCS(=O)(=O)C1. The number of amides is 1. The molecule has 2 rings (SSSR count). The van der Waals surface area contributed by atoms with Crippen molar-refractivity contribution >= 4 is 33.2 Å². The number of hydrogen-bond donors (Lipinski definition) is 1. The van der Waals surface area contributed by atoms with Crippen LogP contribution in [0, 0.1) is 0 Å². The van der Waals surface area contributed by atoms with Crippen LogP contribution in [0.2, 0.25) is 0 Å². The van der Waals surface area contributed by atoms with Gasteiger partial charge in [0.15, 0.2) is 9.84 Å². The van der Waals surface area contributed by atoms with Crippen molar-refractivity contribution in [2.75, 3.05) is 11.5 Å². The Hall–Kier alpha value is -1.14. The van der Waals surface area contributed by atoms with Crippen LogP contribution in [0.1, 0.15) is 11.3 Å². The van der Waals surface area contributed by atoms with Crippen LogP contribution in [-0.4, -0.2) is 31.9 Å². The van der Waals surface area contributed by atoms with E-state index in [9.17, 15) is 13.2 Å². The van der Waals surface area contributed by atoms with E-state index in [1.807, 2.05) is 17.5 Å². The molecule has 1 amide bonds. The molecule has 1 N–H and O–H groups in total. The zero-order chi connectivity index (χ0) is 12.3. The van der Waals surface area contributed by atoms with Gasteiger partial charge in [-0.2, -0.15) is 0 Å². The normalized spacial score (nSPS) is 22.9. The van der Waals surface area contributed by atoms with Gasteiger partial charge in [0.1, 0.15) is 0 Å². The van der Waals surface area contributed by atoms with Gasteiger partial charge in [0.2, 0.25) is 5.91 Å². The first-order chi connectivity index (χ1) is 8.05. The third kappa shape index (κ3) is 3.67. The molecule has 1 aromatic heterocycles. The fourth-order valence-corrected chi connectivity index (χ4v) is 3.99. The van der Waals surface area contributed by atoms with E-state index < -0.39 is 9.84 Å². The molecule has 0 unspecified atom stereocenters. The molecule has 0 saturated carbocycles. The fraction of sp³-hybridized carbons (Fsp3) is 0.364. The van der Waals surface area contributed by atoms with Crippen LogP contribution in [0.5, 0.6) is 0 Å². The van der Waals surface area contributed by atoms with E-state index in [-0.39, 0.29) is 23.5 Å². The molecule has 1 aliphatic rings. The molecule has 1 atom stereocenters. The van der Waals surface area contributed by atoms with Crippen molar-refractivity contribution in [2.24, 2.45) is 0 Å². The van der Waals surface area contributed by atoms with Gasteiger partial charge in [0, 0.05) is 17.0 Å². The second-order valence-electron chi connectivity index (χ2n) is 3.96. The van der Waals surface area contributed by atoms with Crippen LogP contribution in [0.15, 0.2) is 23.6 Å². The van der Waals surface area contributed by atoms with Crippen molar-refractivity contribution in [1.29, 1.82) is 0 Å². The van der Waals surface area contributed by atoms with Gasteiger partial charge in [-0.25, -0.2) is 8.42 Å². The van der Waals surface area contributed by atoms with E-state index in [1.165, 1.54) is 6.08 Å². The van der Waals surface area contributed by atoms with E-state index >= 15 is 0 Å². The van der Waals surface area contributed by atoms with E-state index in [4.69, 9.17) is 0 Å². The molecular weight excluding hydrogens is 258 g/mol. The van der Waals surface area contributed by atoms with Crippen molar-refractivity contribution in [3.63, 3.8) is 0 Å². The van der Waals surface area contributed by atoms with Crippen LogP contribution >= 0.6 is 11.3 Å². The van der Waals surface area contributed by atoms with Crippen LogP contribution in [0.4, 0.5) is 0 Å². The summed E-state index contributed by atoms with van der Waals surface area (Å²) in [5.41, 5.74) is 0. The van der Waals surface area contributed by atoms with Gasteiger partial charge in [-0.3, -0.25) is 4.79 Å². The topological polar surface area (TPSA) is 63.2 Å². The third-order valence-electron chi connectivity index (χ3n) is 2.52. The molecule has 92 valence electrons. The maximum atomic E-state index is 11.5. The summed E-state index contributed by atoms with van der Waals surface area (Å²) >= 11 is 1.54. The fourth-order valence-electron chi connectivity index (χ4n) is 1.70. The molecule has 0 bridgehead atoms. The Balaban J connectivity index is 1.86. The number of hydrogen-bond acceptors (Lipinski definition) is 4. The maximum Gasteiger partial charge on any atom is 0.244 e. The Morgan fingerprint density at radius 2 is 2.35 bits per heavy atom. The summed E-state index contributed by atoms with van der Waals surface area (Å²) in [7, 11) is -2.94. The number of thiophene rings is 1. The van der Waals surface area contributed by atoms with Crippen molar-refractivity contribution in [1.82, 2.24) is 5.32 Å². The molecule has 2 heterocycles. The van der Waals surface area contributed by atoms with Crippen LogP contribution in [0.25, 0.3) is 6.08 Å². The van der Waals surface area contributed by atoms with Gasteiger partial charge < -0.3 is 5.32 Å². The lowest BCUT2D eigenvalue weighted by Crippen LogP contribution is -2.34. The summed E-state index contributed by atoms with van der Waals surface area (Å²) in [4.78, 5) is 12.5. The molecular formula is C11H13NO3S2. The molecule has 0 aromatic carbocycles. The Morgan fingerprint density at radius 1 is 1.53 bits per heavy atom. The standard InChI is InChI=1S/C11H13NO3S2/c13-11(4-3-10-2-1-6-16-10)12-9-5-7-17(14,15)8-9/h1-4,6,9H,5,7-8H2,(H,12,13)/b4-3+/t9-/m0/s1. The summed E-state index contributed by atoms with van der Waals surface area (Å²) in [6.45, 7) is 0. The summed E-state index contributed by atoms with van der Waals surface area (Å²) in [5, 5.41) is 4.63.